The van der Waals surface area contributed by atoms with E-state index in [1.807, 2.05) is 74.5 Å². The molecule has 1 heterocycles. The molecule has 1 aromatic heterocycles. The van der Waals surface area contributed by atoms with Crippen molar-refractivity contribution in [1.82, 2.24) is 14.5 Å². The van der Waals surface area contributed by atoms with Gasteiger partial charge in [-0.1, -0.05) is 106 Å². The van der Waals surface area contributed by atoms with Crippen molar-refractivity contribution in [3.8, 4) is 11.3 Å². The number of aryl methyl sites for hydroxylation is 1. The van der Waals surface area contributed by atoms with Crippen LogP contribution >= 0.6 is 0 Å². The van der Waals surface area contributed by atoms with Crippen LogP contribution in [0.5, 0.6) is 0 Å². The summed E-state index contributed by atoms with van der Waals surface area (Å²) in [5.74, 6) is 0.0124. The lowest BCUT2D eigenvalue weighted by Crippen LogP contribution is -2.39. The maximum Gasteiger partial charge on any atom is 0.252 e. The number of nitrogens with zero attached hydrogens (tertiary/aromatic N) is 2. The summed E-state index contributed by atoms with van der Waals surface area (Å²) in [5, 5.41) is 5.08. The van der Waals surface area contributed by atoms with Crippen molar-refractivity contribution >= 4 is 15.9 Å². The van der Waals surface area contributed by atoms with Crippen LogP contribution in [0, 0.1) is 18.8 Å². The molecule has 6 nitrogen and oxygen atoms in total. The summed E-state index contributed by atoms with van der Waals surface area (Å²) in [5.41, 5.74) is 5.63. The Hall–Kier alpha value is -3.55. The molecule has 42 heavy (non-hydrogen) atoms. The quantitative estimate of drug-likeness (QED) is 0.217. The van der Waals surface area contributed by atoms with Gasteiger partial charge in [-0.05, 0) is 55.7 Å². The largest absolute Gasteiger partial charge is 0.272 e. The van der Waals surface area contributed by atoms with Crippen molar-refractivity contribution in [2.24, 2.45) is 11.8 Å². The highest BCUT2D eigenvalue weighted by Crippen LogP contribution is 2.46. The predicted molar refractivity (Wildman–Crippen MR) is 168 cm³/mol. The van der Waals surface area contributed by atoms with Gasteiger partial charge < -0.3 is 0 Å². The van der Waals surface area contributed by atoms with E-state index in [4.69, 9.17) is 5.10 Å². The van der Waals surface area contributed by atoms with Gasteiger partial charge in [0.1, 0.15) is 0 Å². The van der Waals surface area contributed by atoms with E-state index in [1.165, 1.54) is 0 Å². The Balaban J connectivity index is 1.64. The highest BCUT2D eigenvalue weighted by molar-refractivity contribution is 7.89. The summed E-state index contributed by atoms with van der Waals surface area (Å²) < 4.78 is 31.9. The molecule has 5 rings (SSSR count). The number of rotatable bonds is 9. The average Bonchev–Trinajstić information content (AvgIpc) is 3.39. The molecule has 0 aliphatic heterocycles. The first-order valence-electron chi connectivity index (χ1n) is 15.0. The molecule has 0 radical (unpaired) electrons. The Morgan fingerprint density at radius 3 is 2.17 bits per heavy atom. The Morgan fingerprint density at radius 1 is 0.952 bits per heavy atom. The molecular formula is C35H41N3O3S. The van der Waals surface area contributed by atoms with Crippen molar-refractivity contribution in [1.29, 1.82) is 0 Å². The molecule has 0 amide bonds. The van der Waals surface area contributed by atoms with Gasteiger partial charge in [0.2, 0.25) is 10.0 Å². The van der Waals surface area contributed by atoms with Crippen molar-refractivity contribution in [3.05, 3.63) is 107 Å². The third-order valence-electron chi connectivity index (χ3n) is 8.70. The number of hydrogen-bond acceptors (Lipinski definition) is 4. The lowest BCUT2D eigenvalue weighted by molar-refractivity contribution is 0.0788. The Morgan fingerprint density at radius 2 is 1.57 bits per heavy atom. The van der Waals surface area contributed by atoms with Gasteiger partial charge in [0.25, 0.3) is 5.91 Å². The first kappa shape index (κ1) is 29.9. The molecule has 1 N–H and O–H groups in total. The molecule has 7 heteroatoms. The van der Waals surface area contributed by atoms with E-state index >= 15 is 0 Å². The molecule has 220 valence electrons. The van der Waals surface area contributed by atoms with Crippen LogP contribution < -0.4 is 4.72 Å². The second-order valence-electron chi connectivity index (χ2n) is 11.9. The molecular weight excluding hydrogens is 542 g/mol. The van der Waals surface area contributed by atoms with E-state index in [-0.39, 0.29) is 22.6 Å². The van der Waals surface area contributed by atoms with Crippen molar-refractivity contribution in [2.75, 3.05) is 0 Å². The van der Waals surface area contributed by atoms with Crippen LogP contribution in [0.1, 0.15) is 92.0 Å². The first-order chi connectivity index (χ1) is 20.1. The first-order valence-corrected chi connectivity index (χ1v) is 16.5. The van der Waals surface area contributed by atoms with E-state index in [9.17, 15) is 13.2 Å². The second kappa shape index (κ2) is 12.4. The van der Waals surface area contributed by atoms with Gasteiger partial charge in [-0.2, -0.15) is 9.78 Å². The van der Waals surface area contributed by atoms with Crippen LogP contribution in [-0.4, -0.2) is 24.1 Å². The summed E-state index contributed by atoms with van der Waals surface area (Å²) in [6.07, 6.45) is 2.50. The van der Waals surface area contributed by atoms with Gasteiger partial charge in [0.05, 0.1) is 28.2 Å². The van der Waals surface area contributed by atoms with Gasteiger partial charge in [0, 0.05) is 17.0 Å². The zero-order valence-corrected chi connectivity index (χ0v) is 25.9. The van der Waals surface area contributed by atoms with Gasteiger partial charge in [-0.25, -0.2) is 13.1 Å². The minimum Gasteiger partial charge on any atom is -0.272 e. The van der Waals surface area contributed by atoms with Gasteiger partial charge >= 0.3 is 0 Å². The minimum absolute atomic E-state index is 0.171. The third kappa shape index (κ3) is 5.86. The topological polar surface area (TPSA) is 81.1 Å². The second-order valence-corrected chi connectivity index (χ2v) is 13.6. The summed E-state index contributed by atoms with van der Waals surface area (Å²) in [6, 6.07) is 25.4. The number of nitrogens with one attached hydrogen (secondary N) is 1. The Bertz CT molecular complexity index is 1630. The molecule has 0 bridgehead atoms. The fraction of sp³-hybridized carbons (Fsp3) is 0.371. The summed E-state index contributed by atoms with van der Waals surface area (Å²) in [4.78, 5) is 14.9. The zero-order chi connectivity index (χ0) is 30.0. The van der Waals surface area contributed by atoms with Crippen LogP contribution in [-0.2, 0) is 10.0 Å². The van der Waals surface area contributed by atoms with E-state index < -0.39 is 22.0 Å². The number of aromatic nitrogens is 2. The molecule has 0 saturated carbocycles. The fourth-order valence-corrected chi connectivity index (χ4v) is 7.57. The number of fused-ring (bicyclic) bond motifs is 1. The van der Waals surface area contributed by atoms with Crippen molar-refractivity contribution < 1.29 is 13.2 Å². The Kier molecular flexibility index (Phi) is 8.81. The van der Waals surface area contributed by atoms with Crippen LogP contribution in [0.25, 0.3) is 11.3 Å². The monoisotopic (exact) mass is 583 g/mol. The maximum atomic E-state index is 14.7. The smallest absolute Gasteiger partial charge is 0.252 e. The maximum absolute atomic E-state index is 14.7. The number of carbonyl (C=O) groups is 1. The van der Waals surface area contributed by atoms with Crippen LogP contribution in [0.15, 0.2) is 89.8 Å². The molecule has 0 saturated heterocycles. The van der Waals surface area contributed by atoms with Crippen molar-refractivity contribution in [3.63, 3.8) is 0 Å². The summed E-state index contributed by atoms with van der Waals surface area (Å²) >= 11 is 0. The summed E-state index contributed by atoms with van der Waals surface area (Å²) in [7, 11) is -3.92. The zero-order valence-electron chi connectivity index (χ0n) is 25.1. The standard InChI is InChI=1S/C35H41N3O3S/c1-6-29(32(26-13-9-7-10-14-26)37-42(40,41)28-20-17-24(4)18-21-28)35(39)38-34(27-15-11-8-12-16-27)31-25(5)19-22-30(23(2)3)33(31)36-38/h7-18,20-21,23,25,29-30,32,37H,6,19,22H2,1-5H3/t25-,29+,30+,32-/m1/s1. The molecule has 3 aromatic carbocycles. The molecule has 0 spiro atoms. The van der Waals surface area contributed by atoms with Gasteiger partial charge in [-0.15, -0.1) is 0 Å². The number of sulfonamides is 1. The van der Waals surface area contributed by atoms with E-state index in [0.717, 1.165) is 46.5 Å². The number of carbonyl (C=O) groups excluding carboxylic acids is 1. The van der Waals surface area contributed by atoms with Gasteiger partial charge in [-0.3, -0.25) is 4.79 Å². The minimum atomic E-state index is -3.92. The highest BCUT2D eigenvalue weighted by atomic mass is 32.2. The molecule has 0 fully saturated rings. The van der Waals surface area contributed by atoms with Crippen LogP contribution in [0.2, 0.25) is 0 Å². The SMILES string of the molecule is CC[C@H](C(=O)n1nc2c(c1-c1ccccc1)[C@H](C)CC[C@H]2C(C)C)[C@H](NS(=O)(=O)c1ccc(C)cc1)c1ccccc1. The molecule has 1 aliphatic carbocycles. The fourth-order valence-electron chi connectivity index (χ4n) is 6.31. The van der Waals surface area contributed by atoms with E-state index in [1.54, 1.807) is 28.9 Å². The van der Waals surface area contributed by atoms with E-state index in [0.29, 0.717) is 12.3 Å². The third-order valence-corrected chi connectivity index (χ3v) is 10.2. The molecule has 4 atom stereocenters. The van der Waals surface area contributed by atoms with Crippen molar-refractivity contribution in [2.45, 2.75) is 76.7 Å². The van der Waals surface area contributed by atoms with Crippen LogP contribution in [0.4, 0.5) is 0 Å². The summed E-state index contributed by atoms with van der Waals surface area (Å²) in [6.45, 7) is 10.5. The lowest BCUT2D eigenvalue weighted by Gasteiger charge is -2.29. The highest BCUT2D eigenvalue weighted by Gasteiger charge is 2.39. The van der Waals surface area contributed by atoms with E-state index in [2.05, 4.69) is 25.5 Å². The molecule has 4 aromatic rings. The molecule has 1 aliphatic rings. The predicted octanol–water partition coefficient (Wildman–Crippen LogP) is 7.88. The molecule has 0 unspecified atom stereocenters. The Labute approximate surface area is 250 Å². The normalized spacial score (nSPS) is 18.4. The number of benzene rings is 3. The number of hydrogen-bond donors (Lipinski definition) is 1. The van der Waals surface area contributed by atoms with Crippen LogP contribution in [0.3, 0.4) is 0 Å². The van der Waals surface area contributed by atoms with Gasteiger partial charge in [0.15, 0.2) is 0 Å². The lowest BCUT2D eigenvalue weighted by atomic mass is 9.75. The average molecular weight is 584 g/mol.